The average molecular weight is 208 g/mol. The summed E-state index contributed by atoms with van der Waals surface area (Å²) in [7, 11) is -1.01. The Morgan fingerprint density at radius 3 is 2.21 bits per heavy atom. The van der Waals surface area contributed by atoms with Crippen LogP contribution in [0.25, 0.3) is 0 Å². The molecular formula is C12H16OS. The molecule has 0 fully saturated rings. The molecule has 0 aliphatic heterocycles. The van der Waals surface area contributed by atoms with E-state index in [0.717, 1.165) is 4.90 Å². The van der Waals surface area contributed by atoms with Crippen molar-refractivity contribution in [2.75, 3.05) is 0 Å². The Kier molecular flexibility index (Phi) is 3.64. The monoisotopic (exact) mass is 208 g/mol. The lowest BCUT2D eigenvalue weighted by molar-refractivity contribution is 0.545. The lowest BCUT2D eigenvalue weighted by atomic mass is 9.98. The van der Waals surface area contributed by atoms with Gasteiger partial charge in [0.05, 0.1) is 10.8 Å². The minimum Gasteiger partial charge on any atom is -0.250 e. The van der Waals surface area contributed by atoms with Crippen molar-refractivity contribution in [1.82, 2.24) is 0 Å². The first-order chi connectivity index (χ1) is 6.49. The van der Waals surface area contributed by atoms with E-state index in [9.17, 15) is 4.21 Å². The highest BCUT2D eigenvalue weighted by Crippen LogP contribution is 2.16. The van der Waals surface area contributed by atoms with Gasteiger partial charge < -0.3 is 0 Å². The topological polar surface area (TPSA) is 17.1 Å². The SMILES string of the molecule is CC(C)(C)/C=C/S(=O)c1ccccc1. The zero-order valence-electron chi connectivity index (χ0n) is 8.86. The quantitative estimate of drug-likeness (QED) is 0.728. The molecule has 0 saturated carbocycles. The van der Waals surface area contributed by atoms with E-state index in [0.29, 0.717) is 0 Å². The van der Waals surface area contributed by atoms with E-state index < -0.39 is 10.8 Å². The van der Waals surface area contributed by atoms with E-state index in [2.05, 4.69) is 20.8 Å². The van der Waals surface area contributed by atoms with Crippen LogP contribution >= 0.6 is 0 Å². The van der Waals surface area contributed by atoms with Crippen molar-refractivity contribution in [3.8, 4) is 0 Å². The van der Waals surface area contributed by atoms with Crippen molar-refractivity contribution in [2.24, 2.45) is 5.41 Å². The van der Waals surface area contributed by atoms with Crippen molar-refractivity contribution in [2.45, 2.75) is 25.7 Å². The highest BCUT2D eigenvalue weighted by atomic mass is 32.2. The van der Waals surface area contributed by atoms with E-state index in [1.54, 1.807) is 5.41 Å². The lowest BCUT2D eigenvalue weighted by Gasteiger charge is -2.10. The van der Waals surface area contributed by atoms with Crippen LogP contribution < -0.4 is 0 Å². The van der Waals surface area contributed by atoms with Gasteiger partial charge in [-0.1, -0.05) is 45.0 Å². The fourth-order valence-electron chi connectivity index (χ4n) is 0.899. The molecule has 0 aliphatic carbocycles. The standard InChI is InChI=1S/C12H16OS/c1-12(2,3)9-10-14(13)11-7-5-4-6-8-11/h4-10H,1-3H3/b10-9+. The Morgan fingerprint density at radius 2 is 1.71 bits per heavy atom. The number of hydrogen-bond donors (Lipinski definition) is 0. The normalized spacial score (nSPS) is 14.5. The maximum absolute atomic E-state index is 11.7. The Labute approximate surface area is 88.3 Å². The van der Waals surface area contributed by atoms with E-state index in [1.807, 2.05) is 36.4 Å². The van der Waals surface area contributed by atoms with Crippen molar-refractivity contribution < 1.29 is 4.21 Å². The second-order valence-corrected chi connectivity index (χ2v) is 5.62. The molecule has 1 unspecified atom stereocenters. The second-order valence-electron chi connectivity index (χ2n) is 4.28. The fourth-order valence-corrected chi connectivity index (χ4v) is 2.01. The van der Waals surface area contributed by atoms with Gasteiger partial charge in [-0.05, 0) is 17.5 Å². The molecule has 0 amide bonds. The molecule has 0 heterocycles. The highest BCUT2D eigenvalue weighted by Gasteiger charge is 2.05. The van der Waals surface area contributed by atoms with Gasteiger partial charge in [-0.25, -0.2) is 4.21 Å². The molecule has 0 aromatic heterocycles. The van der Waals surface area contributed by atoms with E-state index in [4.69, 9.17) is 0 Å². The minimum atomic E-state index is -1.01. The Balaban J connectivity index is 2.74. The molecule has 1 nitrogen and oxygen atoms in total. The zero-order valence-corrected chi connectivity index (χ0v) is 9.67. The Bertz CT molecular complexity index is 333. The number of rotatable bonds is 2. The molecule has 14 heavy (non-hydrogen) atoms. The van der Waals surface area contributed by atoms with Gasteiger partial charge in [-0.2, -0.15) is 0 Å². The van der Waals surface area contributed by atoms with Gasteiger partial charge in [0.2, 0.25) is 0 Å². The molecule has 0 aliphatic rings. The molecule has 2 heteroatoms. The molecule has 1 atom stereocenters. The van der Waals surface area contributed by atoms with Gasteiger partial charge in [0.1, 0.15) is 0 Å². The predicted molar refractivity (Wildman–Crippen MR) is 61.4 cm³/mol. The zero-order chi connectivity index (χ0) is 10.6. The summed E-state index contributed by atoms with van der Waals surface area (Å²) < 4.78 is 11.7. The summed E-state index contributed by atoms with van der Waals surface area (Å²) in [6.45, 7) is 6.27. The first kappa shape index (κ1) is 11.2. The first-order valence-corrected chi connectivity index (χ1v) is 5.85. The molecule has 1 rings (SSSR count). The van der Waals surface area contributed by atoms with Crippen molar-refractivity contribution >= 4 is 10.8 Å². The second kappa shape index (κ2) is 4.56. The molecule has 1 aromatic rings. The van der Waals surface area contributed by atoms with Gasteiger partial charge in [0, 0.05) is 10.3 Å². The molecule has 0 radical (unpaired) electrons. The van der Waals surface area contributed by atoms with Crippen molar-refractivity contribution in [3.63, 3.8) is 0 Å². The average Bonchev–Trinajstić information content (AvgIpc) is 2.14. The fraction of sp³-hybridized carbons (Fsp3) is 0.333. The summed E-state index contributed by atoms with van der Waals surface area (Å²) >= 11 is 0. The minimum absolute atomic E-state index is 0.0877. The molecule has 0 spiro atoms. The van der Waals surface area contributed by atoms with Crippen LogP contribution in [0, 0.1) is 5.41 Å². The van der Waals surface area contributed by atoms with Crippen LogP contribution in [0.15, 0.2) is 46.7 Å². The van der Waals surface area contributed by atoms with Crippen LogP contribution in [0.2, 0.25) is 0 Å². The first-order valence-electron chi connectivity index (χ1n) is 4.64. The smallest absolute Gasteiger partial charge is 0.0772 e. The largest absolute Gasteiger partial charge is 0.250 e. The molecule has 0 saturated heterocycles. The summed E-state index contributed by atoms with van der Waals surface area (Å²) in [6, 6.07) is 9.48. The van der Waals surface area contributed by atoms with Crippen LogP contribution in [0.3, 0.4) is 0 Å². The van der Waals surface area contributed by atoms with E-state index in [1.165, 1.54) is 0 Å². The highest BCUT2D eigenvalue weighted by molar-refractivity contribution is 7.88. The predicted octanol–water partition coefficient (Wildman–Crippen LogP) is 3.35. The summed E-state index contributed by atoms with van der Waals surface area (Å²) in [5.41, 5.74) is 0.0877. The van der Waals surface area contributed by atoms with E-state index >= 15 is 0 Å². The van der Waals surface area contributed by atoms with Crippen molar-refractivity contribution in [1.29, 1.82) is 0 Å². The Morgan fingerprint density at radius 1 is 1.14 bits per heavy atom. The van der Waals surface area contributed by atoms with E-state index in [-0.39, 0.29) is 5.41 Å². The molecule has 0 bridgehead atoms. The third-order valence-electron chi connectivity index (χ3n) is 1.67. The van der Waals surface area contributed by atoms with Crippen LogP contribution in [-0.4, -0.2) is 4.21 Å². The van der Waals surface area contributed by atoms with Crippen LogP contribution in [0.5, 0.6) is 0 Å². The Hall–Kier alpha value is -0.890. The number of hydrogen-bond acceptors (Lipinski definition) is 1. The summed E-state index contributed by atoms with van der Waals surface area (Å²) in [5, 5.41) is 1.76. The van der Waals surface area contributed by atoms with Crippen LogP contribution in [0.1, 0.15) is 20.8 Å². The van der Waals surface area contributed by atoms with Gasteiger partial charge in [-0.3, -0.25) is 0 Å². The lowest BCUT2D eigenvalue weighted by Crippen LogP contribution is -1.99. The van der Waals surface area contributed by atoms with Gasteiger partial charge in [0.25, 0.3) is 0 Å². The van der Waals surface area contributed by atoms with Gasteiger partial charge >= 0.3 is 0 Å². The summed E-state index contributed by atoms with van der Waals surface area (Å²) in [5.74, 6) is 0. The maximum Gasteiger partial charge on any atom is 0.0772 e. The molecular weight excluding hydrogens is 192 g/mol. The van der Waals surface area contributed by atoms with Gasteiger partial charge in [0.15, 0.2) is 0 Å². The molecule has 1 aromatic carbocycles. The van der Waals surface area contributed by atoms with Crippen LogP contribution in [0.4, 0.5) is 0 Å². The van der Waals surface area contributed by atoms with Gasteiger partial charge in [-0.15, -0.1) is 0 Å². The molecule has 0 N–H and O–H groups in total. The molecule has 76 valence electrons. The van der Waals surface area contributed by atoms with Crippen LogP contribution in [-0.2, 0) is 10.8 Å². The number of benzene rings is 1. The summed E-state index contributed by atoms with van der Waals surface area (Å²) in [4.78, 5) is 0.855. The maximum atomic E-state index is 11.7. The summed E-state index contributed by atoms with van der Waals surface area (Å²) in [6.07, 6.45) is 1.98. The number of allylic oxidation sites excluding steroid dienone is 1. The third-order valence-corrected chi connectivity index (χ3v) is 2.79. The third kappa shape index (κ3) is 3.88. The van der Waals surface area contributed by atoms with Crippen molar-refractivity contribution in [3.05, 3.63) is 41.8 Å².